The lowest BCUT2D eigenvalue weighted by Gasteiger charge is -2.32. The second kappa shape index (κ2) is 19.4. The minimum atomic E-state index is 1.02. The Bertz CT molecular complexity index is 4820. The molecule has 31 heteroatoms. The highest BCUT2D eigenvalue weighted by Crippen LogP contribution is 2.43. The van der Waals surface area contributed by atoms with E-state index < -0.39 is 0 Å². The molecule has 0 spiro atoms. The second-order valence-corrected chi connectivity index (χ2v) is 26.3. The molecule has 0 aliphatic heterocycles. The van der Waals surface area contributed by atoms with Crippen LogP contribution >= 0.6 is 0 Å². The maximum absolute atomic E-state index is 7.49. The third-order valence-corrected chi connectivity index (χ3v) is 23.5. The van der Waals surface area contributed by atoms with Gasteiger partial charge in [0.1, 0.15) is 247 Å². The highest BCUT2D eigenvalue weighted by molar-refractivity contribution is 6.79. The van der Waals surface area contributed by atoms with Crippen LogP contribution in [-0.4, -0.2) is 235 Å². The first kappa shape index (κ1) is 58.0. The fraction of sp³-hybridized carbons (Fsp3) is 0. The lowest BCUT2D eigenvalue weighted by molar-refractivity contribution is 0.675. The summed E-state index contributed by atoms with van der Waals surface area (Å²) in [5.74, 6) is 0. The predicted octanol–water partition coefficient (Wildman–Crippen LogP) is -37.9. The van der Waals surface area contributed by atoms with Crippen molar-refractivity contribution in [1.29, 1.82) is 0 Å². The monoisotopic (exact) mass is 1010 g/mol. The Hall–Kier alpha value is -4.75. The first-order chi connectivity index (χ1) is 37.8. The van der Waals surface area contributed by atoms with Crippen LogP contribution in [0.25, 0.3) is 109 Å². The molecule has 0 amide bonds. The van der Waals surface area contributed by atoms with Gasteiger partial charge >= 0.3 is 0 Å². The van der Waals surface area contributed by atoms with Crippen molar-refractivity contribution in [2.24, 2.45) is 0 Å². The number of rotatable bonds is 3. The van der Waals surface area contributed by atoms with Gasteiger partial charge in [-0.05, 0) is 92.7 Å². The topological polar surface area (TPSA) is 13.1 Å². The van der Waals surface area contributed by atoms with Gasteiger partial charge in [-0.2, -0.15) is 0 Å². The Kier molecular flexibility index (Phi) is 13.9. The molecule has 1 nitrogen and oxygen atoms in total. The molecular weight excluding hydrogens is 941 g/mol. The van der Waals surface area contributed by atoms with Crippen molar-refractivity contribution in [3.05, 3.63) is 0 Å². The predicted molar refractivity (Wildman–Crippen MR) is 463 cm³/mol. The maximum atomic E-state index is 7.49. The van der Waals surface area contributed by atoms with E-state index in [0.717, 1.165) is 11.2 Å². The molecule has 0 aliphatic carbocycles. The van der Waals surface area contributed by atoms with E-state index in [-0.39, 0.29) is 0 Å². The van der Waals surface area contributed by atoms with E-state index >= 15 is 0 Å². The van der Waals surface area contributed by atoms with Crippen LogP contribution in [0.3, 0.4) is 0 Å². The zero-order valence-corrected chi connectivity index (χ0v) is 55.4. The van der Waals surface area contributed by atoms with Gasteiger partial charge in [-0.15, -0.1) is 54.6 Å². The number of benzene rings is 10. The van der Waals surface area contributed by atoms with Crippen LogP contribution in [0.1, 0.15) is 0 Å². The molecule has 0 saturated heterocycles. The van der Waals surface area contributed by atoms with E-state index in [1.807, 2.05) is 0 Å². The molecule has 0 aliphatic rings. The minimum Gasteiger partial charge on any atom is -0.457 e. The van der Waals surface area contributed by atoms with Gasteiger partial charge in [0.25, 0.3) is 0 Å². The number of furan rings is 1. The van der Waals surface area contributed by atoms with Gasteiger partial charge in [0, 0.05) is 10.8 Å². The average Bonchev–Trinajstić information content (AvgIpc) is 2.49. The van der Waals surface area contributed by atoms with Crippen molar-refractivity contribution >= 4 is 475 Å². The fourth-order valence-electron chi connectivity index (χ4n) is 16.5. The third-order valence-electron chi connectivity index (χ3n) is 23.5. The van der Waals surface area contributed by atoms with E-state index in [1.165, 1.54) is 262 Å². The highest BCUT2D eigenvalue weighted by atomic mass is 16.3. The molecule has 11 aromatic rings. The SMILES string of the molecule is Bc1c(B)c(-c2c(B)c3c(B)c(B)c(B)c(B)c3c3c(B)c(B)c(B)c(B)c23)c(B)c(B)c1-c1c2c(B)c(B)c(B)c(B)c2c(-c2c(B)c(B)c(B)c3oc4c(B)c5c(B)c(B)c(B)c(B)c5c(B)c4c23)c2c(B)c(B)c(B)c(B)c12. The Morgan fingerprint density at radius 2 is 0.321 bits per heavy atom. The van der Waals surface area contributed by atoms with Crippen LogP contribution in [0.4, 0.5) is 0 Å². The first-order valence-corrected chi connectivity index (χ1v) is 30.2. The summed E-state index contributed by atoms with van der Waals surface area (Å²) in [6.45, 7) is 0. The summed E-state index contributed by atoms with van der Waals surface area (Å²) in [7, 11) is 71.5. The number of hydrogen-bond acceptors (Lipinski definition) is 1. The molecule has 1 heterocycles. The van der Waals surface area contributed by atoms with Gasteiger partial charge in [0.05, 0.1) is 0 Å². The van der Waals surface area contributed by atoms with Crippen molar-refractivity contribution in [1.82, 2.24) is 0 Å². The Labute approximate surface area is 509 Å². The molecule has 0 N–H and O–H groups in total. The largest absolute Gasteiger partial charge is 0.457 e. The number of hydrogen-bond donors (Lipinski definition) is 0. The van der Waals surface area contributed by atoms with Crippen LogP contribution in [0.5, 0.6) is 0 Å². The van der Waals surface area contributed by atoms with Crippen LogP contribution in [0.15, 0.2) is 4.42 Å². The Morgan fingerprint density at radius 1 is 0.111 bits per heavy atom. The maximum Gasteiger partial charge on any atom is 0.145 e. The molecule has 11 rings (SSSR count). The van der Waals surface area contributed by atoms with Crippen molar-refractivity contribution in [2.75, 3.05) is 0 Å². The van der Waals surface area contributed by atoms with Crippen LogP contribution < -0.4 is 164 Å². The minimum absolute atomic E-state index is 1.02. The lowest BCUT2D eigenvalue weighted by Crippen LogP contribution is -2.52. The molecule has 0 radical (unpaired) electrons. The molecule has 0 unspecified atom stereocenters. The molecule has 1 aromatic heterocycles. The van der Waals surface area contributed by atoms with E-state index in [0.29, 0.717) is 0 Å². The Morgan fingerprint density at radius 3 is 0.679 bits per heavy atom. The van der Waals surface area contributed by atoms with E-state index in [1.54, 1.807) is 0 Å². The fourth-order valence-corrected chi connectivity index (χ4v) is 16.5. The van der Waals surface area contributed by atoms with Gasteiger partial charge in [-0.3, -0.25) is 0 Å². The van der Waals surface area contributed by atoms with Gasteiger partial charge in [-0.1, -0.05) is 104 Å². The van der Waals surface area contributed by atoms with E-state index in [2.05, 4.69) is 235 Å². The van der Waals surface area contributed by atoms with Crippen molar-refractivity contribution < 1.29 is 4.42 Å². The second-order valence-electron chi connectivity index (χ2n) is 26.3. The van der Waals surface area contributed by atoms with Gasteiger partial charge < -0.3 is 4.42 Å². The Balaban J connectivity index is 1.40. The normalized spacial score (nSPS) is 12.0. The zero-order chi connectivity index (χ0) is 59.6. The van der Waals surface area contributed by atoms with Gasteiger partial charge in [-0.25, -0.2) is 0 Å². The summed E-state index contributed by atoms with van der Waals surface area (Å²) in [5.41, 5.74) is 51.3. The highest BCUT2D eigenvalue weighted by Gasteiger charge is 2.33. The van der Waals surface area contributed by atoms with Crippen molar-refractivity contribution in [2.45, 2.75) is 0 Å². The third kappa shape index (κ3) is 7.30. The summed E-state index contributed by atoms with van der Waals surface area (Å²) < 4.78 is 7.49. The molecule has 0 atom stereocenters. The van der Waals surface area contributed by atoms with Crippen LogP contribution in [0.2, 0.25) is 0 Å². The zero-order valence-electron chi connectivity index (χ0n) is 55.4. The first-order valence-electron chi connectivity index (χ1n) is 30.2. The van der Waals surface area contributed by atoms with Crippen molar-refractivity contribution in [3.63, 3.8) is 0 Å². The molecule has 356 valence electrons. The van der Waals surface area contributed by atoms with Gasteiger partial charge in [0.2, 0.25) is 0 Å². The molecular formula is C50H60B30O. The van der Waals surface area contributed by atoms with E-state index in [9.17, 15) is 0 Å². The van der Waals surface area contributed by atoms with Crippen molar-refractivity contribution in [3.8, 4) is 33.4 Å². The number of fused-ring (bicyclic) bond motifs is 9. The summed E-state index contributed by atoms with van der Waals surface area (Å²) in [5, 5.41) is 16.5. The summed E-state index contributed by atoms with van der Waals surface area (Å²) in [6, 6.07) is 0. The lowest BCUT2D eigenvalue weighted by atomic mass is 9.55. The summed E-state index contributed by atoms with van der Waals surface area (Å²) in [6.07, 6.45) is 0. The smallest absolute Gasteiger partial charge is 0.145 e. The molecule has 0 bridgehead atoms. The van der Waals surface area contributed by atoms with Gasteiger partial charge in [0.15, 0.2) is 0 Å². The van der Waals surface area contributed by atoms with Crippen LogP contribution in [-0.2, 0) is 0 Å². The average molecular weight is 1000 g/mol. The van der Waals surface area contributed by atoms with Crippen LogP contribution in [0, 0.1) is 0 Å². The summed E-state index contributed by atoms with van der Waals surface area (Å²) in [4.78, 5) is 0. The molecule has 81 heavy (non-hydrogen) atoms. The van der Waals surface area contributed by atoms with E-state index in [4.69, 9.17) is 4.42 Å². The standard InChI is InChI=1S/C50H60B30O/c51-19-10(8-9(27(59)42(74)41(73)26(8)58)11-14(19)33(65)44(76)43(75)28(11)60)15-31(63)29(61)13(30(62)32(15)64)2-5-3(21(53)37(69)39(71)23(5)55)1(4-6(2)24(56)40(72)38(70)22(4)54)7-12-18-20(52)16-17(35(67)46(78)45(77)34(16)66)36(68)50(18)81-49(12)48(80)47(79)25(7)57/h51-80H2. The molecule has 0 fully saturated rings. The summed E-state index contributed by atoms with van der Waals surface area (Å²) >= 11 is 0. The molecule has 0 saturated carbocycles. The quantitative estimate of drug-likeness (QED) is 0.0977. The molecule has 10 aromatic carbocycles.